The molecule has 0 radical (unpaired) electrons. The monoisotopic (exact) mass is 327 g/mol. The van der Waals surface area contributed by atoms with Gasteiger partial charge < -0.3 is 15.4 Å². The van der Waals surface area contributed by atoms with Gasteiger partial charge in [-0.2, -0.15) is 0 Å². The zero-order valence-electron chi connectivity index (χ0n) is 14.0. The summed E-state index contributed by atoms with van der Waals surface area (Å²) >= 11 is 0. The van der Waals surface area contributed by atoms with Crippen LogP contribution in [0.2, 0.25) is 0 Å². The van der Waals surface area contributed by atoms with Crippen molar-refractivity contribution in [1.29, 1.82) is 0 Å². The van der Waals surface area contributed by atoms with Crippen molar-refractivity contribution in [3.05, 3.63) is 0 Å². The molecule has 1 aliphatic rings. The van der Waals surface area contributed by atoms with Crippen molar-refractivity contribution >= 4 is 23.8 Å². The van der Waals surface area contributed by atoms with E-state index < -0.39 is 29.4 Å². The first-order valence-electron chi connectivity index (χ1n) is 7.62. The average molecular weight is 327 g/mol. The van der Waals surface area contributed by atoms with Crippen molar-refractivity contribution in [3.63, 3.8) is 0 Å². The Hall–Kier alpha value is -2.12. The van der Waals surface area contributed by atoms with Gasteiger partial charge in [-0.05, 0) is 19.8 Å². The van der Waals surface area contributed by atoms with Crippen molar-refractivity contribution in [3.8, 4) is 0 Å². The number of esters is 1. The van der Waals surface area contributed by atoms with Gasteiger partial charge in [0.25, 0.3) is 5.91 Å². The molecule has 4 amide bonds. The maximum Gasteiger partial charge on any atom is 0.318 e. The first-order chi connectivity index (χ1) is 10.5. The summed E-state index contributed by atoms with van der Waals surface area (Å²) in [5.74, 6) is -1.56. The maximum absolute atomic E-state index is 12.2. The van der Waals surface area contributed by atoms with Crippen LogP contribution in [-0.4, -0.2) is 47.9 Å². The van der Waals surface area contributed by atoms with Gasteiger partial charge in [-0.25, -0.2) is 4.79 Å². The third-order valence-corrected chi connectivity index (χ3v) is 3.67. The molecule has 0 aliphatic carbocycles. The Morgan fingerprint density at radius 2 is 1.70 bits per heavy atom. The van der Waals surface area contributed by atoms with Crippen LogP contribution in [0.1, 0.15) is 40.5 Å². The Morgan fingerprint density at radius 3 is 2.13 bits per heavy atom. The lowest BCUT2D eigenvalue weighted by Gasteiger charge is -2.35. The highest BCUT2D eigenvalue weighted by molar-refractivity contribution is 5.96. The highest BCUT2D eigenvalue weighted by atomic mass is 16.5. The summed E-state index contributed by atoms with van der Waals surface area (Å²) < 4.78 is 5.05. The third-order valence-electron chi connectivity index (χ3n) is 3.67. The summed E-state index contributed by atoms with van der Waals surface area (Å²) in [4.78, 5) is 48.0. The van der Waals surface area contributed by atoms with E-state index in [9.17, 15) is 19.2 Å². The lowest BCUT2D eigenvalue weighted by atomic mass is 9.91. The van der Waals surface area contributed by atoms with Gasteiger partial charge in [0, 0.05) is 18.5 Å². The van der Waals surface area contributed by atoms with Crippen LogP contribution in [0.5, 0.6) is 0 Å². The Bertz CT molecular complexity index is 490. The number of likely N-dealkylation sites (tertiary alicyclic amines) is 1. The van der Waals surface area contributed by atoms with Crippen molar-refractivity contribution in [2.24, 2.45) is 17.1 Å². The molecule has 0 saturated carbocycles. The zero-order valence-corrected chi connectivity index (χ0v) is 14.0. The molecule has 0 aromatic rings. The minimum Gasteiger partial charge on any atom is -0.452 e. The predicted molar refractivity (Wildman–Crippen MR) is 82.0 cm³/mol. The van der Waals surface area contributed by atoms with E-state index in [2.05, 4.69) is 0 Å². The number of nitrogens with two attached hydrogens (primary N) is 1. The summed E-state index contributed by atoms with van der Waals surface area (Å²) in [6.45, 7) is 7.90. The van der Waals surface area contributed by atoms with E-state index in [0.717, 1.165) is 0 Å². The Morgan fingerprint density at radius 1 is 1.17 bits per heavy atom. The molecule has 23 heavy (non-hydrogen) atoms. The van der Waals surface area contributed by atoms with Crippen molar-refractivity contribution < 1.29 is 23.9 Å². The second-order valence-corrected chi connectivity index (χ2v) is 6.75. The minimum atomic E-state index is -1.09. The standard InChI is InChI=1S/C15H25N3O5/c1-9(11(19)17-14(16)22)23-12(20)10-5-7-18(8-6-10)13(21)15(2,3)4/h9-10H,5-8H2,1-4H3,(H3,16,17,19,22). The predicted octanol–water partition coefficient (Wildman–Crippen LogP) is 0.398. The van der Waals surface area contributed by atoms with Gasteiger partial charge in [-0.15, -0.1) is 0 Å². The number of piperidine rings is 1. The molecule has 1 rings (SSSR count). The smallest absolute Gasteiger partial charge is 0.318 e. The van der Waals surface area contributed by atoms with Crippen LogP contribution in [0, 0.1) is 11.3 Å². The summed E-state index contributed by atoms with van der Waals surface area (Å²) in [5.41, 5.74) is 4.38. The number of urea groups is 1. The summed E-state index contributed by atoms with van der Waals surface area (Å²) in [7, 11) is 0. The fourth-order valence-corrected chi connectivity index (χ4v) is 2.34. The van der Waals surface area contributed by atoms with Crippen LogP contribution in [0.15, 0.2) is 0 Å². The van der Waals surface area contributed by atoms with E-state index in [-0.39, 0.29) is 11.8 Å². The first kappa shape index (κ1) is 18.9. The number of carbonyl (C=O) groups excluding carboxylic acids is 4. The molecule has 1 saturated heterocycles. The quantitative estimate of drug-likeness (QED) is 0.727. The van der Waals surface area contributed by atoms with Crippen LogP contribution in [0.4, 0.5) is 4.79 Å². The SMILES string of the molecule is CC(OC(=O)C1CCN(C(=O)C(C)(C)C)CC1)C(=O)NC(N)=O. The van der Waals surface area contributed by atoms with Crippen molar-refractivity contribution in [1.82, 2.24) is 10.2 Å². The van der Waals surface area contributed by atoms with Gasteiger partial charge in [-0.1, -0.05) is 20.8 Å². The molecule has 1 fully saturated rings. The number of nitrogens with zero attached hydrogens (tertiary/aromatic N) is 1. The van der Waals surface area contributed by atoms with Crippen molar-refractivity contribution in [2.75, 3.05) is 13.1 Å². The Labute approximate surface area is 135 Å². The number of amides is 4. The number of primary amides is 1. The molecular formula is C15H25N3O5. The molecule has 130 valence electrons. The molecule has 8 nitrogen and oxygen atoms in total. The number of hydrogen-bond donors (Lipinski definition) is 2. The largest absolute Gasteiger partial charge is 0.452 e. The fourth-order valence-electron chi connectivity index (χ4n) is 2.34. The fraction of sp³-hybridized carbons (Fsp3) is 0.733. The molecule has 3 N–H and O–H groups in total. The normalized spacial score (nSPS) is 17.3. The third kappa shape index (κ3) is 5.54. The Balaban J connectivity index is 2.48. The van der Waals surface area contributed by atoms with E-state index in [1.54, 1.807) is 4.90 Å². The second-order valence-electron chi connectivity index (χ2n) is 6.75. The van der Waals surface area contributed by atoms with E-state index in [0.29, 0.717) is 25.9 Å². The molecule has 1 unspecified atom stereocenters. The van der Waals surface area contributed by atoms with Gasteiger partial charge in [0.05, 0.1) is 5.92 Å². The summed E-state index contributed by atoms with van der Waals surface area (Å²) in [5, 5.41) is 1.86. The molecular weight excluding hydrogens is 302 g/mol. The molecule has 0 spiro atoms. The lowest BCUT2D eigenvalue weighted by Crippen LogP contribution is -2.46. The van der Waals surface area contributed by atoms with Crippen LogP contribution < -0.4 is 11.1 Å². The van der Waals surface area contributed by atoms with Gasteiger partial charge >= 0.3 is 12.0 Å². The number of hydrogen-bond acceptors (Lipinski definition) is 5. The van der Waals surface area contributed by atoms with Crippen LogP contribution in [-0.2, 0) is 19.1 Å². The zero-order chi connectivity index (χ0) is 17.8. The van der Waals surface area contributed by atoms with Gasteiger partial charge in [0.1, 0.15) is 0 Å². The maximum atomic E-state index is 12.2. The number of nitrogens with one attached hydrogen (secondary N) is 1. The van der Waals surface area contributed by atoms with Gasteiger partial charge in [0.15, 0.2) is 6.10 Å². The first-order valence-corrected chi connectivity index (χ1v) is 7.62. The highest BCUT2D eigenvalue weighted by Gasteiger charge is 2.33. The highest BCUT2D eigenvalue weighted by Crippen LogP contribution is 2.24. The van der Waals surface area contributed by atoms with E-state index in [1.165, 1.54) is 6.92 Å². The molecule has 0 aromatic heterocycles. The van der Waals surface area contributed by atoms with Crippen LogP contribution >= 0.6 is 0 Å². The van der Waals surface area contributed by atoms with E-state index in [4.69, 9.17) is 10.5 Å². The molecule has 1 heterocycles. The lowest BCUT2D eigenvalue weighted by molar-refractivity contribution is -0.161. The number of ether oxygens (including phenoxy) is 1. The minimum absolute atomic E-state index is 0.0542. The average Bonchev–Trinajstić information content (AvgIpc) is 2.44. The molecule has 8 heteroatoms. The summed E-state index contributed by atoms with van der Waals surface area (Å²) in [6.07, 6.45) is -0.112. The molecule has 1 aliphatic heterocycles. The second kappa shape index (κ2) is 7.43. The topological polar surface area (TPSA) is 119 Å². The molecule has 0 bridgehead atoms. The van der Waals surface area contributed by atoms with E-state index in [1.807, 2.05) is 26.1 Å². The Kier molecular flexibility index (Phi) is 6.12. The number of imide groups is 1. The van der Waals surface area contributed by atoms with Crippen LogP contribution in [0.3, 0.4) is 0 Å². The van der Waals surface area contributed by atoms with E-state index >= 15 is 0 Å². The van der Waals surface area contributed by atoms with Gasteiger partial charge in [-0.3, -0.25) is 19.7 Å². The molecule has 0 aromatic carbocycles. The number of carbonyl (C=O) groups is 4. The summed E-state index contributed by atoms with van der Waals surface area (Å²) in [6, 6.07) is -0.994. The number of rotatable bonds is 3. The van der Waals surface area contributed by atoms with Gasteiger partial charge in [0.2, 0.25) is 5.91 Å². The molecule has 1 atom stereocenters. The van der Waals surface area contributed by atoms with Crippen molar-refractivity contribution in [2.45, 2.75) is 46.6 Å². The van der Waals surface area contributed by atoms with Crippen LogP contribution in [0.25, 0.3) is 0 Å².